The Bertz CT molecular complexity index is 815. The van der Waals surface area contributed by atoms with Crippen molar-refractivity contribution in [1.29, 1.82) is 0 Å². The van der Waals surface area contributed by atoms with E-state index in [2.05, 4.69) is 38.2 Å². The highest BCUT2D eigenvalue weighted by Gasteiger charge is 2.19. The van der Waals surface area contributed by atoms with Crippen LogP contribution in [0.15, 0.2) is 36.4 Å². The SMILES string of the molecule is Cc1csc(CN2CCc3cnc(-c4cncnc4)nc3C2)c1. The van der Waals surface area contributed by atoms with Gasteiger partial charge in [0.05, 0.1) is 11.3 Å². The molecule has 0 unspecified atom stereocenters. The molecule has 6 heteroatoms. The lowest BCUT2D eigenvalue weighted by molar-refractivity contribution is 0.243. The predicted octanol–water partition coefficient (Wildman–Crippen LogP) is 2.86. The fraction of sp³-hybridized carbons (Fsp3) is 0.294. The second-order valence-corrected chi connectivity index (χ2v) is 6.84. The maximum atomic E-state index is 4.75. The van der Waals surface area contributed by atoms with Gasteiger partial charge >= 0.3 is 0 Å². The van der Waals surface area contributed by atoms with E-state index in [1.54, 1.807) is 12.4 Å². The third-order valence-electron chi connectivity index (χ3n) is 4.01. The number of aromatic nitrogens is 4. The van der Waals surface area contributed by atoms with Gasteiger partial charge in [-0.3, -0.25) is 4.90 Å². The van der Waals surface area contributed by atoms with E-state index in [0.717, 1.165) is 37.3 Å². The highest BCUT2D eigenvalue weighted by molar-refractivity contribution is 7.10. The van der Waals surface area contributed by atoms with Gasteiger partial charge in [0.25, 0.3) is 0 Å². The van der Waals surface area contributed by atoms with E-state index in [1.807, 2.05) is 17.5 Å². The van der Waals surface area contributed by atoms with Crippen LogP contribution in [0.3, 0.4) is 0 Å². The third kappa shape index (κ3) is 3.13. The van der Waals surface area contributed by atoms with Gasteiger partial charge in [0.15, 0.2) is 5.82 Å². The molecule has 0 aliphatic carbocycles. The molecule has 4 heterocycles. The van der Waals surface area contributed by atoms with E-state index < -0.39 is 0 Å². The van der Waals surface area contributed by atoms with Gasteiger partial charge in [-0.05, 0) is 35.9 Å². The quantitative estimate of drug-likeness (QED) is 0.742. The summed E-state index contributed by atoms with van der Waals surface area (Å²) in [7, 11) is 0. The normalized spacial score (nSPS) is 14.7. The molecule has 0 amide bonds. The van der Waals surface area contributed by atoms with Crippen molar-refractivity contribution in [1.82, 2.24) is 24.8 Å². The molecule has 4 rings (SSSR count). The zero-order chi connectivity index (χ0) is 15.6. The second-order valence-electron chi connectivity index (χ2n) is 5.84. The monoisotopic (exact) mass is 323 g/mol. The maximum Gasteiger partial charge on any atom is 0.162 e. The van der Waals surface area contributed by atoms with Gasteiger partial charge in [0, 0.05) is 43.1 Å². The number of hydrogen-bond donors (Lipinski definition) is 0. The van der Waals surface area contributed by atoms with Crippen molar-refractivity contribution in [2.45, 2.75) is 26.4 Å². The zero-order valence-corrected chi connectivity index (χ0v) is 13.8. The van der Waals surface area contributed by atoms with Crippen molar-refractivity contribution in [3.05, 3.63) is 58.1 Å². The van der Waals surface area contributed by atoms with Crippen LogP contribution in [0.5, 0.6) is 0 Å². The fourth-order valence-electron chi connectivity index (χ4n) is 2.84. The summed E-state index contributed by atoms with van der Waals surface area (Å²) in [5, 5.41) is 2.21. The van der Waals surface area contributed by atoms with E-state index in [1.165, 1.54) is 22.3 Å². The second kappa shape index (κ2) is 6.14. The average Bonchev–Trinajstić information content (AvgIpc) is 3.00. The minimum absolute atomic E-state index is 0.707. The first-order valence-corrected chi connectivity index (χ1v) is 8.52. The summed E-state index contributed by atoms with van der Waals surface area (Å²) in [4.78, 5) is 21.2. The molecule has 0 bridgehead atoms. The van der Waals surface area contributed by atoms with Gasteiger partial charge in [0.2, 0.25) is 0 Å². The third-order valence-corrected chi connectivity index (χ3v) is 5.05. The molecule has 0 spiro atoms. The van der Waals surface area contributed by atoms with Gasteiger partial charge < -0.3 is 0 Å². The fourth-order valence-corrected chi connectivity index (χ4v) is 3.76. The molecular weight excluding hydrogens is 306 g/mol. The molecular formula is C17H17N5S. The highest BCUT2D eigenvalue weighted by atomic mass is 32.1. The molecule has 116 valence electrons. The molecule has 0 radical (unpaired) electrons. The van der Waals surface area contributed by atoms with Crippen molar-refractivity contribution < 1.29 is 0 Å². The lowest BCUT2D eigenvalue weighted by atomic mass is 10.1. The highest BCUT2D eigenvalue weighted by Crippen LogP contribution is 2.23. The number of aryl methyl sites for hydroxylation is 1. The van der Waals surface area contributed by atoms with Crippen molar-refractivity contribution >= 4 is 11.3 Å². The minimum atomic E-state index is 0.707. The molecule has 0 fully saturated rings. The molecule has 3 aromatic heterocycles. The standard InChI is InChI=1S/C17H17N5S/c1-12-4-15(23-10-12)8-22-3-2-13-7-20-17(21-16(13)9-22)14-5-18-11-19-6-14/h4-7,10-11H,2-3,8-9H2,1H3. The molecule has 0 aromatic carbocycles. The number of nitrogens with zero attached hydrogens (tertiary/aromatic N) is 5. The van der Waals surface area contributed by atoms with Gasteiger partial charge in [-0.2, -0.15) is 0 Å². The number of fused-ring (bicyclic) bond motifs is 1. The van der Waals surface area contributed by atoms with E-state index in [-0.39, 0.29) is 0 Å². The first-order chi connectivity index (χ1) is 11.3. The molecule has 0 atom stereocenters. The molecule has 0 saturated carbocycles. The van der Waals surface area contributed by atoms with Crippen LogP contribution in [0, 0.1) is 6.92 Å². The Balaban J connectivity index is 1.56. The van der Waals surface area contributed by atoms with E-state index in [9.17, 15) is 0 Å². The van der Waals surface area contributed by atoms with Crippen LogP contribution in [-0.4, -0.2) is 31.4 Å². The van der Waals surface area contributed by atoms with Crippen LogP contribution in [-0.2, 0) is 19.5 Å². The lowest BCUT2D eigenvalue weighted by Gasteiger charge is -2.27. The van der Waals surface area contributed by atoms with Crippen LogP contribution in [0.25, 0.3) is 11.4 Å². The van der Waals surface area contributed by atoms with Crippen molar-refractivity contribution in [3.63, 3.8) is 0 Å². The van der Waals surface area contributed by atoms with Crippen molar-refractivity contribution in [2.24, 2.45) is 0 Å². The molecule has 0 saturated heterocycles. The summed E-state index contributed by atoms with van der Waals surface area (Å²) >= 11 is 1.83. The Morgan fingerprint density at radius 2 is 2.09 bits per heavy atom. The summed E-state index contributed by atoms with van der Waals surface area (Å²) in [5.41, 5.74) is 4.58. The number of hydrogen-bond acceptors (Lipinski definition) is 6. The number of rotatable bonds is 3. The Morgan fingerprint density at radius 3 is 2.87 bits per heavy atom. The van der Waals surface area contributed by atoms with Crippen LogP contribution < -0.4 is 0 Å². The largest absolute Gasteiger partial charge is 0.292 e. The van der Waals surface area contributed by atoms with Crippen LogP contribution in [0.2, 0.25) is 0 Å². The predicted molar refractivity (Wildman–Crippen MR) is 89.9 cm³/mol. The lowest BCUT2D eigenvalue weighted by Crippen LogP contribution is -2.30. The van der Waals surface area contributed by atoms with Gasteiger partial charge in [-0.25, -0.2) is 19.9 Å². The van der Waals surface area contributed by atoms with E-state index >= 15 is 0 Å². The zero-order valence-electron chi connectivity index (χ0n) is 12.9. The first-order valence-electron chi connectivity index (χ1n) is 7.64. The van der Waals surface area contributed by atoms with Crippen LogP contribution in [0.1, 0.15) is 21.7 Å². The molecule has 1 aliphatic rings. The summed E-state index contributed by atoms with van der Waals surface area (Å²) in [6, 6.07) is 2.27. The van der Waals surface area contributed by atoms with Gasteiger partial charge in [0.1, 0.15) is 6.33 Å². The Hall–Kier alpha value is -2.18. The molecule has 0 N–H and O–H groups in total. The van der Waals surface area contributed by atoms with Crippen LogP contribution >= 0.6 is 11.3 Å². The number of thiophene rings is 1. The topological polar surface area (TPSA) is 54.8 Å². The summed E-state index contributed by atoms with van der Waals surface area (Å²) in [6.07, 6.45) is 7.99. The van der Waals surface area contributed by atoms with Gasteiger partial charge in [-0.15, -0.1) is 11.3 Å². The average molecular weight is 323 g/mol. The van der Waals surface area contributed by atoms with Gasteiger partial charge in [-0.1, -0.05) is 0 Å². The summed E-state index contributed by atoms with van der Waals surface area (Å²) in [5.74, 6) is 0.707. The van der Waals surface area contributed by atoms with Crippen LogP contribution in [0.4, 0.5) is 0 Å². The first kappa shape index (κ1) is 14.4. The molecule has 1 aliphatic heterocycles. The molecule has 3 aromatic rings. The van der Waals surface area contributed by atoms with Crippen molar-refractivity contribution in [3.8, 4) is 11.4 Å². The maximum absolute atomic E-state index is 4.75. The van der Waals surface area contributed by atoms with E-state index in [4.69, 9.17) is 4.98 Å². The Kier molecular flexibility index (Phi) is 3.85. The Labute approximate surface area is 139 Å². The smallest absolute Gasteiger partial charge is 0.162 e. The summed E-state index contributed by atoms with van der Waals surface area (Å²) < 4.78 is 0. The van der Waals surface area contributed by atoms with E-state index in [0.29, 0.717) is 5.82 Å². The Morgan fingerprint density at radius 1 is 1.22 bits per heavy atom. The minimum Gasteiger partial charge on any atom is -0.292 e. The molecule has 23 heavy (non-hydrogen) atoms. The summed E-state index contributed by atoms with van der Waals surface area (Å²) in [6.45, 7) is 5.06. The molecule has 5 nitrogen and oxygen atoms in total. The van der Waals surface area contributed by atoms with Crippen molar-refractivity contribution in [2.75, 3.05) is 6.54 Å².